The molecule has 1 aromatic rings. The Morgan fingerprint density at radius 1 is 0.950 bits per heavy atom. The summed E-state index contributed by atoms with van der Waals surface area (Å²) in [4.78, 5) is 0. The van der Waals surface area contributed by atoms with Crippen LogP contribution in [0.1, 0.15) is 52.5 Å². The van der Waals surface area contributed by atoms with Crippen molar-refractivity contribution in [1.29, 1.82) is 0 Å². The normalized spacial score (nSPS) is 23.6. The van der Waals surface area contributed by atoms with Gasteiger partial charge in [-0.05, 0) is 42.2 Å². The van der Waals surface area contributed by atoms with Crippen LogP contribution in [0, 0.1) is 22.5 Å². The second-order valence-corrected chi connectivity index (χ2v) is 7.96. The molecule has 112 valence electrons. The van der Waals surface area contributed by atoms with Gasteiger partial charge in [0, 0.05) is 12.0 Å². The molecule has 1 nitrogen and oxygen atoms in total. The second-order valence-electron chi connectivity index (χ2n) is 7.96. The molecule has 0 bridgehead atoms. The highest BCUT2D eigenvalue weighted by Crippen LogP contribution is 2.51. The SMILES string of the molecule is CC1(C)CC(C)(C)CC(O)(Cc2c(F)cccc2F)C1. The quantitative estimate of drug-likeness (QED) is 0.848. The van der Waals surface area contributed by atoms with Crippen LogP contribution in [-0.4, -0.2) is 10.7 Å². The standard InChI is InChI=1S/C17H24F2O/c1-15(2)9-16(3,4)11-17(20,10-15)8-12-13(18)6-5-7-14(12)19/h5-7,20H,8-11H2,1-4H3. The minimum absolute atomic E-state index is 0.00324. The summed E-state index contributed by atoms with van der Waals surface area (Å²) >= 11 is 0. The topological polar surface area (TPSA) is 20.2 Å². The number of hydrogen-bond donors (Lipinski definition) is 1. The minimum Gasteiger partial charge on any atom is -0.390 e. The smallest absolute Gasteiger partial charge is 0.129 e. The van der Waals surface area contributed by atoms with E-state index in [-0.39, 0.29) is 22.8 Å². The van der Waals surface area contributed by atoms with Crippen molar-refractivity contribution in [2.45, 2.75) is 59.0 Å². The number of hydrogen-bond acceptors (Lipinski definition) is 1. The summed E-state index contributed by atoms with van der Waals surface area (Å²) in [5, 5.41) is 10.9. The maximum absolute atomic E-state index is 13.8. The van der Waals surface area contributed by atoms with Crippen LogP contribution in [0.25, 0.3) is 0 Å². The molecule has 1 aliphatic rings. The van der Waals surface area contributed by atoms with Crippen LogP contribution in [0.5, 0.6) is 0 Å². The molecule has 0 radical (unpaired) electrons. The Labute approximate surface area is 120 Å². The van der Waals surface area contributed by atoms with Crippen molar-refractivity contribution in [1.82, 2.24) is 0 Å². The molecule has 1 fully saturated rings. The zero-order valence-corrected chi connectivity index (χ0v) is 12.8. The number of halogens is 2. The van der Waals surface area contributed by atoms with Crippen LogP contribution in [-0.2, 0) is 6.42 Å². The molecule has 0 amide bonds. The van der Waals surface area contributed by atoms with E-state index in [0.29, 0.717) is 12.8 Å². The maximum Gasteiger partial charge on any atom is 0.129 e. The van der Waals surface area contributed by atoms with E-state index in [1.165, 1.54) is 18.2 Å². The zero-order valence-electron chi connectivity index (χ0n) is 12.8. The minimum atomic E-state index is -1.05. The molecule has 0 spiro atoms. The molecule has 0 atom stereocenters. The predicted octanol–water partition coefficient (Wildman–Crippen LogP) is 4.47. The summed E-state index contributed by atoms with van der Waals surface area (Å²) < 4.78 is 27.6. The Morgan fingerprint density at radius 2 is 1.40 bits per heavy atom. The van der Waals surface area contributed by atoms with Gasteiger partial charge in [0.1, 0.15) is 11.6 Å². The second kappa shape index (κ2) is 4.80. The molecular weight excluding hydrogens is 258 g/mol. The lowest BCUT2D eigenvalue weighted by atomic mass is 9.58. The fourth-order valence-electron chi connectivity index (χ4n) is 4.42. The van der Waals surface area contributed by atoms with Gasteiger partial charge in [-0.15, -0.1) is 0 Å². The summed E-state index contributed by atoms with van der Waals surface area (Å²) in [5.41, 5.74) is -1.10. The largest absolute Gasteiger partial charge is 0.390 e. The molecular formula is C17H24F2O. The maximum atomic E-state index is 13.8. The predicted molar refractivity (Wildman–Crippen MR) is 76.4 cm³/mol. The first kappa shape index (κ1) is 15.4. The van der Waals surface area contributed by atoms with Crippen molar-refractivity contribution >= 4 is 0 Å². The summed E-state index contributed by atoms with van der Waals surface area (Å²) in [6.45, 7) is 8.43. The Balaban J connectivity index is 2.31. The van der Waals surface area contributed by atoms with Gasteiger partial charge in [-0.25, -0.2) is 8.78 Å². The van der Waals surface area contributed by atoms with E-state index in [4.69, 9.17) is 0 Å². The third kappa shape index (κ3) is 3.38. The first-order chi connectivity index (χ1) is 9.02. The summed E-state index contributed by atoms with van der Waals surface area (Å²) in [6.07, 6.45) is 2.18. The van der Waals surface area contributed by atoms with Crippen molar-refractivity contribution in [2.75, 3.05) is 0 Å². The van der Waals surface area contributed by atoms with Crippen molar-refractivity contribution in [3.05, 3.63) is 35.4 Å². The van der Waals surface area contributed by atoms with E-state index >= 15 is 0 Å². The molecule has 2 rings (SSSR count). The van der Waals surface area contributed by atoms with E-state index in [1.54, 1.807) is 0 Å². The van der Waals surface area contributed by atoms with E-state index in [9.17, 15) is 13.9 Å². The number of rotatable bonds is 2. The molecule has 20 heavy (non-hydrogen) atoms. The lowest BCUT2D eigenvalue weighted by Gasteiger charge is -2.49. The Kier molecular flexibility index (Phi) is 3.70. The Hall–Kier alpha value is -0.960. The fraction of sp³-hybridized carbons (Fsp3) is 0.647. The van der Waals surface area contributed by atoms with E-state index in [2.05, 4.69) is 27.7 Å². The van der Waals surface area contributed by atoms with Crippen LogP contribution in [0.2, 0.25) is 0 Å². The fourth-order valence-corrected chi connectivity index (χ4v) is 4.42. The van der Waals surface area contributed by atoms with Gasteiger partial charge in [-0.2, -0.15) is 0 Å². The number of benzene rings is 1. The van der Waals surface area contributed by atoms with Crippen LogP contribution >= 0.6 is 0 Å². The van der Waals surface area contributed by atoms with Gasteiger partial charge in [-0.3, -0.25) is 0 Å². The van der Waals surface area contributed by atoms with Crippen LogP contribution in [0.3, 0.4) is 0 Å². The average Bonchev–Trinajstić information content (AvgIpc) is 2.18. The van der Waals surface area contributed by atoms with Crippen molar-refractivity contribution in [3.8, 4) is 0 Å². The summed E-state index contributed by atoms with van der Waals surface area (Å²) in [5.74, 6) is -1.14. The van der Waals surface area contributed by atoms with Gasteiger partial charge in [0.15, 0.2) is 0 Å². The van der Waals surface area contributed by atoms with Gasteiger partial charge >= 0.3 is 0 Å². The van der Waals surface area contributed by atoms with Gasteiger partial charge in [0.05, 0.1) is 5.60 Å². The summed E-state index contributed by atoms with van der Waals surface area (Å²) in [6, 6.07) is 3.86. The highest BCUT2D eigenvalue weighted by atomic mass is 19.1. The highest BCUT2D eigenvalue weighted by Gasteiger charge is 2.46. The molecule has 1 aromatic carbocycles. The monoisotopic (exact) mass is 282 g/mol. The van der Waals surface area contributed by atoms with Crippen molar-refractivity contribution in [2.24, 2.45) is 10.8 Å². The lowest BCUT2D eigenvalue weighted by Crippen LogP contribution is -2.47. The average molecular weight is 282 g/mol. The molecule has 0 aliphatic heterocycles. The molecule has 0 unspecified atom stereocenters. The van der Waals surface area contributed by atoms with Crippen LogP contribution in [0.4, 0.5) is 8.78 Å². The lowest BCUT2D eigenvalue weighted by molar-refractivity contribution is -0.0859. The van der Waals surface area contributed by atoms with E-state index in [1.807, 2.05) is 0 Å². The zero-order chi connectivity index (χ0) is 15.2. The summed E-state index contributed by atoms with van der Waals surface area (Å²) in [7, 11) is 0. The molecule has 3 heteroatoms. The first-order valence-electron chi connectivity index (χ1n) is 7.17. The third-order valence-electron chi connectivity index (χ3n) is 4.14. The van der Waals surface area contributed by atoms with E-state index < -0.39 is 17.2 Å². The van der Waals surface area contributed by atoms with Gasteiger partial charge in [0.25, 0.3) is 0 Å². The molecule has 1 saturated carbocycles. The van der Waals surface area contributed by atoms with Crippen molar-refractivity contribution in [3.63, 3.8) is 0 Å². The Bertz CT molecular complexity index is 469. The van der Waals surface area contributed by atoms with Gasteiger partial charge < -0.3 is 5.11 Å². The molecule has 0 heterocycles. The third-order valence-corrected chi connectivity index (χ3v) is 4.14. The molecule has 1 aliphatic carbocycles. The molecule has 0 aromatic heterocycles. The Morgan fingerprint density at radius 3 is 1.85 bits per heavy atom. The van der Waals surface area contributed by atoms with Gasteiger partial charge in [0.2, 0.25) is 0 Å². The van der Waals surface area contributed by atoms with Crippen molar-refractivity contribution < 1.29 is 13.9 Å². The van der Waals surface area contributed by atoms with E-state index in [0.717, 1.165) is 6.42 Å². The van der Waals surface area contributed by atoms with Gasteiger partial charge in [-0.1, -0.05) is 33.8 Å². The molecule has 0 saturated heterocycles. The van der Waals surface area contributed by atoms with Crippen LogP contribution in [0.15, 0.2) is 18.2 Å². The van der Waals surface area contributed by atoms with Crippen LogP contribution < -0.4 is 0 Å². The molecule has 1 N–H and O–H groups in total. The highest BCUT2D eigenvalue weighted by molar-refractivity contribution is 5.22. The first-order valence-corrected chi connectivity index (χ1v) is 7.17. The number of aliphatic hydroxyl groups is 1.